The van der Waals surface area contributed by atoms with Crippen LogP contribution in [0.2, 0.25) is 10.0 Å². The van der Waals surface area contributed by atoms with E-state index in [0.717, 1.165) is 5.56 Å². The van der Waals surface area contributed by atoms with Gasteiger partial charge in [-0.15, -0.1) is 0 Å². The van der Waals surface area contributed by atoms with Crippen molar-refractivity contribution in [2.24, 2.45) is 11.3 Å². The molecule has 2 aliphatic carbocycles. The molecule has 1 saturated carbocycles. The molecule has 0 aliphatic heterocycles. The number of hydrogen-bond donors (Lipinski definition) is 3. The molecule has 1 heterocycles. The van der Waals surface area contributed by atoms with Gasteiger partial charge in [0.15, 0.2) is 5.78 Å². The summed E-state index contributed by atoms with van der Waals surface area (Å²) in [7, 11) is 0. The van der Waals surface area contributed by atoms with Crippen molar-refractivity contribution in [3.8, 4) is 0 Å². The zero-order valence-electron chi connectivity index (χ0n) is 20.7. The summed E-state index contributed by atoms with van der Waals surface area (Å²) in [5.74, 6) is -2.08. The molecular formula is C27H26BrCl2N3O5. The molecule has 1 aromatic carbocycles. The fourth-order valence-electron chi connectivity index (χ4n) is 5.25. The average molecular weight is 623 g/mol. The summed E-state index contributed by atoms with van der Waals surface area (Å²) in [6, 6.07) is 5.85. The fraction of sp³-hybridized carbons (Fsp3) is 0.370. The number of carboxylic acid groups (broad SMARTS) is 1. The smallest absolute Gasteiger partial charge is 0.326 e. The van der Waals surface area contributed by atoms with E-state index in [-0.39, 0.29) is 33.1 Å². The Morgan fingerprint density at radius 2 is 1.63 bits per heavy atom. The summed E-state index contributed by atoms with van der Waals surface area (Å²) >= 11 is 15.5. The van der Waals surface area contributed by atoms with Crippen molar-refractivity contribution < 1.29 is 24.3 Å². The van der Waals surface area contributed by atoms with Crippen molar-refractivity contribution in [2.75, 3.05) is 5.32 Å². The van der Waals surface area contributed by atoms with E-state index < -0.39 is 29.3 Å². The van der Waals surface area contributed by atoms with Gasteiger partial charge in [0.25, 0.3) is 5.91 Å². The molecule has 200 valence electrons. The highest BCUT2D eigenvalue weighted by atomic mass is 79.9. The van der Waals surface area contributed by atoms with Crippen LogP contribution in [0.1, 0.15) is 61.4 Å². The van der Waals surface area contributed by atoms with E-state index in [1.807, 2.05) is 13.8 Å². The Labute approximate surface area is 238 Å². The molecule has 0 saturated heterocycles. The third kappa shape index (κ3) is 5.24. The number of pyridine rings is 1. The summed E-state index contributed by atoms with van der Waals surface area (Å²) in [6.45, 7) is 3.85. The molecular weight excluding hydrogens is 597 g/mol. The minimum atomic E-state index is -1.06. The van der Waals surface area contributed by atoms with Gasteiger partial charge < -0.3 is 15.7 Å². The lowest BCUT2D eigenvalue weighted by Crippen LogP contribution is -2.55. The van der Waals surface area contributed by atoms with E-state index in [0.29, 0.717) is 41.6 Å². The molecule has 2 aromatic rings. The second kappa shape index (κ2) is 11.2. The van der Waals surface area contributed by atoms with Gasteiger partial charge >= 0.3 is 5.97 Å². The highest BCUT2D eigenvalue weighted by Gasteiger charge is 2.55. The van der Waals surface area contributed by atoms with Crippen LogP contribution >= 0.6 is 39.1 Å². The predicted molar refractivity (Wildman–Crippen MR) is 148 cm³/mol. The number of allylic oxidation sites excluding steroid dienone is 2. The van der Waals surface area contributed by atoms with Gasteiger partial charge in [0, 0.05) is 42.5 Å². The summed E-state index contributed by atoms with van der Waals surface area (Å²) < 4.78 is 0.340. The summed E-state index contributed by atoms with van der Waals surface area (Å²) in [6.07, 6.45) is 4.01. The first-order chi connectivity index (χ1) is 18.0. The number of aliphatic carboxylic acids is 1. The molecule has 1 fully saturated rings. The second-order valence-corrected chi connectivity index (χ2v) is 11.5. The lowest BCUT2D eigenvalue weighted by atomic mass is 9.62. The number of anilines is 1. The molecule has 38 heavy (non-hydrogen) atoms. The molecule has 1 unspecified atom stereocenters. The lowest BCUT2D eigenvalue weighted by molar-refractivity contribution is -0.141. The number of Topliss-reactive ketones (excluding diaryl/α,β-unsaturated/α-hetero) is 2. The maximum absolute atomic E-state index is 12.8. The normalized spacial score (nSPS) is 18.3. The van der Waals surface area contributed by atoms with Gasteiger partial charge in [0.1, 0.15) is 11.8 Å². The number of rotatable bonds is 8. The number of ketones is 2. The van der Waals surface area contributed by atoms with Gasteiger partial charge in [-0.05, 0) is 52.4 Å². The summed E-state index contributed by atoms with van der Waals surface area (Å²) in [4.78, 5) is 53.7. The number of aromatic nitrogens is 1. The Balaban J connectivity index is 1.57. The van der Waals surface area contributed by atoms with Crippen molar-refractivity contribution in [2.45, 2.75) is 51.5 Å². The molecule has 2 aliphatic rings. The summed E-state index contributed by atoms with van der Waals surface area (Å²) in [5, 5.41) is 16.4. The Kier molecular flexibility index (Phi) is 8.30. The number of benzene rings is 1. The monoisotopic (exact) mass is 621 g/mol. The minimum absolute atomic E-state index is 0.0856. The quantitative estimate of drug-likeness (QED) is 0.343. The van der Waals surface area contributed by atoms with Crippen LogP contribution in [0.4, 0.5) is 5.69 Å². The lowest BCUT2D eigenvalue weighted by Gasteiger charge is -2.46. The Hall–Kier alpha value is -2.75. The van der Waals surface area contributed by atoms with E-state index in [4.69, 9.17) is 23.2 Å². The first kappa shape index (κ1) is 28.3. The molecule has 11 heteroatoms. The topological polar surface area (TPSA) is 125 Å². The third-order valence-electron chi connectivity index (χ3n) is 7.27. The molecule has 2 atom stereocenters. The van der Waals surface area contributed by atoms with Gasteiger partial charge in [0.05, 0.1) is 25.5 Å². The van der Waals surface area contributed by atoms with Crippen LogP contribution in [0.15, 0.2) is 46.8 Å². The zero-order chi connectivity index (χ0) is 27.8. The predicted octanol–water partition coefficient (Wildman–Crippen LogP) is 5.74. The number of carbonyl (C=O) groups excluding carboxylic acids is 3. The first-order valence-electron chi connectivity index (χ1n) is 12.1. The number of nitrogens with zero attached hydrogens (tertiary/aromatic N) is 1. The van der Waals surface area contributed by atoms with Crippen LogP contribution in [0.25, 0.3) is 0 Å². The molecule has 1 aromatic heterocycles. The van der Waals surface area contributed by atoms with Gasteiger partial charge in [-0.1, -0.05) is 49.2 Å². The number of nitrogens with one attached hydrogen (secondary N) is 2. The van der Waals surface area contributed by atoms with Gasteiger partial charge in [-0.25, -0.2) is 4.79 Å². The van der Waals surface area contributed by atoms with Crippen LogP contribution in [0.5, 0.6) is 0 Å². The van der Waals surface area contributed by atoms with Crippen LogP contribution in [-0.4, -0.2) is 39.6 Å². The Bertz CT molecular complexity index is 1310. The second-order valence-electron chi connectivity index (χ2n) is 9.92. The van der Waals surface area contributed by atoms with Gasteiger partial charge in [-0.2, -0.15) is 0 Å². The minimum Gasteiger partial charge on any atom is -0.480 e. The number of amides is 1. The van der Waals surface area contributed by atoms with Gasteiger partial charge in [0.2, 0.25) is 0 Å². The fourth-order valence-corrected chi connectivity index (χ4v) is 6.66. The molecule has 1 amide bonds. The molecule has 0 radical (unpaired) electrons. The first-order valence-corrected chi connectivity index (χ1v) is 13.7. The Morgan fingerprint density at radius 1 is 1.05 bits per heavy atom. The maximum atomic E-state index is 12.8. The maximum Gasteiger partial charge on any atom is 0.326 e. The SMILES string of the molecule is CC(C)C(c1ccc(NC(=O)c2c(Cl)cncc2Cl)cc1)[C@H](NC1=C(Br)C(=O)C12CCC(=O)CC2)C(=O)O. The van der Waals surface area contributed by atoms with E-state index in [2.05, 4.69) is 31.5 Å². The number of carbonyl (C=O) groups is 4. The van der Waals surface area contributed by atoms with Crippen LogP contribution in [0.3, 0.4) is 0 Å². The van der Waals surface area contributed by atoms with E-state index >= 15 is 0 Å². The van der Waals surface area contributed by atoms with E-state index in [9.17, 15) is 24.3 Å². The van der Waals surface area contributed by atoms with Crippen LogP contribution in [-0.2, 0) is 14.4 Å². The van der Waals surface area contributed by atoms with Crippen LogP contribution in [0, 0.1) is 11.3 Å². The van der Waals surface area contributed by atoms with Crippen molar-refractivity contribution in [3.63, 3.8) is 0 Å². The largest absolute Gasteiger partial charge is 0.480 e. The van der Waals surface area contributed by atoms with Gasteiger partial charge in [-0.3, -0.25) is 19.4 Å². The Morgan fingerprint density at radius 3 is 2.16 bits per heavy atom. The highest BCUT2D eigenvalue weighted by Crippen LogP contribution is 2.53. The van der Waals surface area contributed by atoms with Crippen molar-refractivity contribution in [3.05, 3.63) is 68.0 Å². The highest BCUT2D eigenvalue weighted by molar-refractivity contribution is 9.12. The average Bonchev–Trinajstić information content (AvgIpc) is 2.87. The third-order valence-corrected chi connectivity index (χ3v) is 8.60. The van der Waals surface area contributed by atoms with Crippen molar-refractivity contribution in [1.82, 2.24) is 10.3 Å². The number of carboxylic acids is 1. The van der Waals surface area contributed by atoms with E-state index in [1.54, 1.807) is 24.3 Å². The number of hydrogen-bond acceptors (Lipinski definition) is 6. The zero-order valence-corrected chi connectivity index (χ0v) is 23.8. The molecule has 4 rings (SSSR count). The standard InChI is InChI=1S/C27H26BrCl2N3O5/c1-13(2)19(14-3-5-15(6-4-14)32-25(36)20-17(29)11-31-12-18(20)30)22(26(37)38)33-23-21(28)24(35)27(23)9-7-16(34)8-10-27/h3-6,11-13,19,22,33H,7-10H2,1-2H3,(H,32,36)(H,37,38)/t19?,22-/m0/s1. The van der Waals surface area contributed by atoms with Crippen molar-refractivity contribution >= 4 is 68.3 Å². The molecule has 1 spiro atoms. The number of halogens is 3. The van der Waals surface area contributed by atoms with Crippen molar-refractivity contribution in [1.29, 1.82) is 0 Å². The summed E-state index contributed by atoms with van der Waals surface area (Å²) in [5.41, 5.74) is 1.04. The van der Waals surface area contributed by atoms with Crippen LogP contribution < -0.4 is 10.6 Å². The molecule has 3 N–H and O–H groups in total. The molecule has 0 bridgehead atoms. The van der Waals surface area contributed by atoms with E-state index in [1.165, 1.54) is 12.4 Å². The molecule has 8 nitrogen and oxygen atoms in total.